The molecule has 180 valence electrons. The number of aromatic amines is 1. The van der Waals surface area contributed by atoms with Crippen molar-refractivity contribution < 1.29 is 9.53 Å². The van der Waals surface area contributed by atoms with Crippen molar-refractivity contribution in [1.29, 1.82) is 0 Å². The van der Waals surface area contributed by atoms with Gasteiger partial charge in [-0.05, 0) is 50.1 Å². The first kappa shape index (κ1) is 23.8. The van der Waals surface area contributed by atoms with E-state index in [9.17, 15) is 9.59 Å². The van der Waals surface area contributed by atoms with Gasteiger partial charge in [-0.1, -0.05) is 6.07 Å². The molecule has 3 aromatic rings. The first-order chi connectivity index (χ1) is 16.4. The Morgan fingerprint density at radius 1 is 1.12 bits per heavy atom. The summed E-state index contributed by atoms with van der Waals surface area (Å²) in [4.78, 5) is 41.3. The third-order valence-electron chi connectivity index (χ3n) is 6.16. The van der Waals surface area contributed by atoms with E-state index in [2.05, 4.69) is 36.1 Å². The number of piperazine rings is 1. The van der Waals surface area contributed by atoms with Crippen molar-refractivity contribution in [2.24, 2.45) is 0 Å². The monoisotopic (exact) mass is 464 g/mol. The van der Waals surface area contributed by atoms with E-state index in [4.69, 9.17) is 4.74 Å². The topological polar surface area (TPSA) is 103 Å². The normalized spacial score (nSPS) is 14.5. The third-order valence-corrected chi connectivity index (χ3v) is 6.16. The Hall–Kier alpha value is -3.30. The number of anilines is 1. The van der Waals surface area contributed by atoms with Crippen LogP contribution in [0.1, 0.15) is 33.0 Å². The minimum atomic E-state index is -0.178. The smallest absolute Gasteiger partial charge is 0.272 e. The van der Waals surface area contributed by atoms with Gasteiger partial charge in [-0.2, -0.15) is 0 Å². The molecular formula is C25H32N6O3. The van der Waals surface area contributed by atoms with Crippen molar-refractivity contribution in [2.45, 2.75) is 27.3 Å². The minimum Gasteiger partial charge on any atom is -0.383 e. The zero-order valence-electron chi connectivity index (χ0n) is 20.3. The fraction of sp³-hybridized carbons (Fsp3) is 0.440. The molecule has 1 saturated heterocycles. The van der Waals surface area contributed by atoms with Crippen molar-refractivity contribution in [2.75, 3.05) is 51.3 Å². The van der Waals surface area contributed by atoms with Crippen LogP contribution in [0.2, 0.25) is 0 Å². The van der Waals surface area contributed by atoms with Gasteiger partial charge in [-0.25, -0.2) is 9.97 Å². The minimum absolute atomic E-state index is 0.147. The molecule has 4 rings (SSSR count). The van der Waals surface area contributed by atoms with Crippen LogP contribution in [0, 0.1) is 20.8 Å². The summed E-state index contributed by atoms with van der Waals surface area (Å²) < 4.78 is 5.03. The molecule has 0 spiro atoms. The van der Waals surface area contributed by atoms with Gasteiger partial charge >= 0.3 is 0 Å². The predicted octanol–water partition coefficient (Wildman–Crippen LogP) is 1.94. The number of rotatable bonds is 7. The molecule has 1 fully saturated rings. The summed E-state index contributed by atoms with van der Waals surface area (Å²) in [5.41, 5.74) is 6.29. The number of benzene rings is 1. The van der Waals surface area contributed by atoms with E-state index >= 15 is 0 Å². The maximum absolute atomic E-state index is 12.7. The number of H-pyrrole nitrogens is 1. The summed E-state index contributed by atoms with van der Waals surface area (Å²) in [6.45, 7) is 10.7. The number of aryl methyl sites for hydroxylation is 3. The van der Waals surface area contributed by atoms with Gasteiger partial charge in [-0.15, -0.1) is 0 Å². The second-order valence-corrected chi connectivity index (χ2v) is 8.79. The molecular weight excluding hydrogens is 432 g/mol. The summed E-state index contributed by atoms with van der Waals surface area (Å²) in [5, 5.41) is 2.88. The molecule has 1 aromatic carbocycles. The molecule has 2 N–H and O–H groups in total. The van der Waals surface area contributed by atoms with Crippen LogP contribution in [-0.2, 0) is 11.3 Å². The highest BCUT2D eigenvalue weighted by Crippen LogP contribution is 2.23. The number of amides is 1. The molecule has 1 aliphatic heterocycles. The van der Waals surface area contributed by atoms with Gasteiger partial charge in [0.15, 0.2) is 5.69 Å². The first-order valence-electron chi connectivity index (χ1n) is 11.6. The SMILES string of the molecule is COCCNC(=O)c1nc(C)ccc1N1CCN(Cc2cc(C)c3nc(C)c(=O)[nH]c3c2)CC1. The molecule has 34 heavy (non-hydrogen) atoms. The molecule has 0 bridgehead atoms. The fourth-order valence-corrected chi connectivity index (χ4v) is 4.35. The molecule has 0 saturated carbocycles. The average Bonchev–Trinajstić information content (AvgIpc) is 2.81. The molecule has 9 heteroatoms. The van der Waals surface area contributed by atoms with Crippen molar-refractivity contribution in [3.63, 3.8) is 0 Å². The van der Waals surface area contributed by atoms with Crippen LogP contribution in [0.4, 0.5) is 5.69 Å². The highest BCUT2D eigenvalue weighted by atomic mass is 16.5. The van der Waals surface area contributed by atoms with Crippen molar-refractivity contribution in [1.82, 2.24) is 25.2 Å². The van der Waals surface area contributed by atoms with Crippen molar-refractivity contribution in [3.8, 4) is 0 Å². The van der Waals surface area contributed by atoms with E-state index in [0.717, 1.165) is 66.3 Å². The lowest BCUT2D eigenvalue weighted by Gasteiger charge is -2.36. The zero-order chi connectivity index (χ0) is 24.2. The Kier molecular flexibility index (Phi) is 7.23. The van der Waals surface area contributed by atoms with Gasteiger partial charge in [0.1, 0.15) is 5.69 Å². The van der Waals surface area contributed by atoms with Crippen LogP contribution in [0.5, 0.6) is 0 Å². The zero-order valence-corrected chi connectivity index (χ0v) is 20.3. The van der Waals surface area contributed by atoms with Gasteiger partial charge < -0.3 is 19.9 Å². The van der Waals surface area contributed by atoms with E-state index in [1.807, 2.05) is 32.0 Å². The Morgan fingerprint density at radius 3 is 2.62 bits per heavy atom. The summed E-state index contributed by atoms with van der Waals surface area (Å²) in [6, 6.07) is 8.10. The number of carbonyl (C=O) groups is 1. The Morgan fingerprint density at radius 2 is 1.88 bits per heavy atom. The van der Waals surface area contributed by atoms with Gasteiger partial charge in [0.25, 0.3) is 11.5 Å². The molecule has 9 nitrogen and oxygen atoms in total. The standard InChI is InChI=1S/C25H32N6O3/c1-16-13-19(14-20-22(16)28-18(3)24(32)29-20)15-30-8-10-31(11-9-30)21-6-5-17(2)27-23(21)25(33)26-7-12-34-4/h5-6,13-14H,7-12,15H2,1-4H3,(H,26,33)(H,29,32). The van der Waals surface area contributed by atoms with Gasteiger partial charge in [0.2, 0.25) is 0 Å². The predicted molar refractivity (Wildman–Crippen MR) is 133 cm³/mol. The number of fused-ring (bicyclic) bond motifs is 1. The first-order valence-corrected chi connectivity index (χ1v) is 11.6. The van der Waals surface area contributed by atoms with E-state index in [-0.39, 0.29) is 11.5 Å². The van der Waals surface area contributed by atoms with E-state index in [0.29, 0.717) is 24.5 Å². The summed E-state index contributed by atoms with van der Waals surface area (Å²) >= 11 is 0. The number of carbonyl (C=O) groups excluding carboxylic acids is 1. The number of hydrogen-bond donors (Lipinski definition) is 2. The lowest BCUT2D eigenvalue weighted by atomic mass is 10.1. The summed E-state index contributed by atoms with van der Waals surface area (Å²) in [6.07, 6.45) is 0. The second kappa shape index (κ2) is 10.3. The molecule has 1 aliphatic rings. The van der Waals surface area contributed by atoms with E-state index in [1.165, 1.54) is 0 Å². The summed E-state index contributed by atoms with van der Waals surface area (Å²) in [7, 11) is 1.61. The van der Waals surface area contributed by atoms with Crippen molar-refractivity contribution in [3.05, 3.63) is 62.8 Å². The van der Waals surface area contributed by atoms with Crippen molar-refractivity contribution >= 4 is 22.6 Å². The fourth-order valence-electron chi connectivity index (χ4n) is 4.35. The Balaban J connectivity index is 1.44. The summed E-state index contributed by atoms with van der Waals surface area (Å²) in [5.74, 6) is -0.178. The molecule has 0 unspecified atom stereocenters. The van der Waals surface area contributed by atoms with Crippen LogP contribution in [0.3, 0.4) is 0 Å². The van der Waals surface area contributed by atoms with Crippen LogP contribution in [-0.4, -0.2) is 72.2 Å². The van der Waals surface area contributed by atoms with Crippen LogP contribution >= 0.6 is 0 Å². The molecule has 0 radical (unpaired) electrons. The number of hydrogen-bond acceptors (Lipinski definition) is 7. The van der Waals surface area contributed by atoms with E-state index in [1.54, 1.807) is 14.0 Å². The number of nitrogens with one attached hydrogen (secondary N) is 2. The second-order valence-electron chi connectivity index (χ2n) is 8.79. The average molecular weight is 465 g/mol. The molecule has 2 aromatic heterocycles. The number of pyridine rings is 1. The lowest BCUT2D eigenvalue weighted by Crippen LogP contribution is -2.46. The molecule has 0 aliphatic carbocycles. The van der Waals surface area contributed by atoms with Crippen LogP contribution < -0.4 is 15.8 Å². The van der Waals surface area contributed by atoms with Gasteiger partial charge in [0, 0.05) is 52.1 Å². The maximum Gasteiger partial charge on any atom is 0.272 e. The van der Waals surface area contributed by atoms with Crippen LogP contribution in [0.25, 0.3) is 11.0 Å². The van der Waals surface area contributed by atoms with E-state index < -0.39 is 0 Å². The highest BCUT2D eigenvalue weighted by molar-refractivity contribution is 5.98. The third kappa shape index (κ3) is 5.26. The van der Waals surface area contributed by atoms with Gasteiger partial charge in [-0.3, -0.25) is 14.5 Å². The number of methoxy groups -OCH3 is 1. The number of aromatic nitrogens is 3. The van der Waals surface area contributed by atoms with Crippen LogP contribution in [0.15, 0.2) is 29.1 Å². The number of ether oxygens (including phenoxy) is 1. The maximum atomic E-state index is 12.7. The molecule has 3 heterocycles. The number of nitrogens with zero attached hydrogens (tertiary/aromatic N) is 4. The highest BCUT2D eigenvalue weighted by Gasteiger charge is 2.23. The quantitative estimate of drug-likeness (QED) is 0.515. The lowest BCUT2D eigenvalue weighted by molar-refractivity contribution is 0.0932. The largest absolute Gasteiger partial charge is 0.383 e. The van der Waals surface area contributed by atoms with Gasteiger partial charge in [0.05, 0.1) is 23.3 Å². The Labute approximate surface area is 199 Å². The molecule has 1 amide bonds. The Bertz CT molecular complexity index is 1250. The molecule has 0 atom stereocenters.